The third-order valence-electron chi connectivity index (χ3n) is 3.34. The molecule has 0 fully saturated rings. The fourth-order valence-electron chi connectivity index (χ4n) is 2.11. The number of benzene rings is 1. The minimum Gasteiger partial charge on any atom is -0.461 e. The molecule has 0 aliphatic rings. The predicted octanol–water partition coefficient (Wildman–Crippen LogP) is 2.77. The van der Waals surface area contributed by atoms with Gasteiger partial charge in [-0.15, -0.1) is 0 Å². The molecule has 0 bridgehead atoms. The van der Waals surface area contributed by atoms with Gasteiger partial charge in [0.2, 0.25) is 0 Å². The summed E-state index contributed by atoms with van der Waals surface area (Å²) < 4.78 is 5.27. The largest absolute Gasteiger partial charge is 0.461 e. The van der Waals surface area contributed by atoms with E-state index in [0.717, 1.165) is 18.4 Å². The normalized spacial score (nSPS) is 12.4. The van der Waals surface area contributed by atoms with Crippen molar-refractivity contribution in [3.05, 3.63) is 35.9 Å². The number of aliphatic hydroxyl groups excluding tert-OH is 1. The van der Waals surface area contributed by atoms with Crippen LogP contribution in [-0.4, -0.2) is 17.7 Å². The first-order valence-corrected chi connectivity index (χ1v) is 6.54. The molecule has 18 heavy (non-hydrogen) atoms. The van der Waals surface area contributed by atoms with Crippen LogP contribution in [0.3, 0.4) is 0 Å². The molecule has 0 aliphatic heterocycles. The first-order valence-electron chi connectivity index (χ1n) is 6.54. The van der Waals surface area contributed by atoms with Crippen LogP contribution in [0.4, 0.5) is 0 Å². The highest BCUT2D eigenvalue weighted by Gasteiger charge is 2.26. The minimum atomic E-state index is -0.399. The third-order valence-corrected chi connectivity index (χ3v) is 3.34. The van der Waals surface area contributed by atoms with E-state index < -0.39 is 5.92 Å². The Bertz CT molecular complexity index is 344. The zero-order chi connectivity index (χ0) is 13.4. The van der Waals surface area contributed by atoms with Gasteiger partial charge in [-0.3, -0.25) is 4.79 Å². The van der Waals surface area contributed by atoms with Crippen molar-refractivity contribution in [2.24, 2.45) is 11.8 Å². The van der Waals surface area contributed by atoms with Gasteiger partial charge in [-0.05, 0) is 11.5 Å². The van der Waals surface area contributed by atoms with Crippen LogP contribution in [0.25, 0.3) is 0 Å². The highest BCUT2D eigenvalue weighted by Crippen LogP contribution is 2.21. The van der Waals surface area contributed by atoms with Crippen molar-refractivity contribution in [1.29, 1.82) is 0 Å². The second-order valence-electron chi connectivity index (χ2n) is 4.46. The SMILES string of the molecule is CCC(CC)C(CO)C(=O)OCc1ccccc1. The maximum absolute atomic E-state index is 11.9. The lowest BCUT2D eigenvalue weighted by atomic mass is 9.88. The van der Waals surface area contributed by atoms with E-state index >= 15 is 0 Å². The van der Waals surface area contributed by atoms with Gasteiger partial charge in [-0.2, -0.15) is 0 Å². The number of aliphatic hydroxyl groups is 1. The molecule has 1 unspecified atom stereocenters. The zero-order valence-electron chi connectivity index (χ0n) is 11.1. The monoisotopic (exact) mass is 250 g/mol. The van der Waals surface area contributed by atoms with Crippen LogP contribution < -0.4 is 0 Å². The Morgan fingerprint density at radius 3 is 2.33 bits per heavy atom. The number of ether oxygens (including phenoxy) is 1. The van der Waals surface area contributed by atoms with E-state index in [1.54, 1.807) is 0 Å². The summed E-state index contributed by atoms with van der Waals surface area (Å²) in [6.45, 7) is 4.19. The molecule has 0 spiro atoms. The Balaban J connectivity index is 2.52. The van der Waals surface area contributed by atoms with Crippen LogP contribution in [0.5, 0.6) is 0 Å². The second kappa shape index (κ2) is 7.88. The van der Waals surface area contributed by atoms with Crippen molar-refractivity contribution in [2.75, 3.05) is 6.61 Å². The van der Waals surface area contributed by atoms with Gasteiger partial charge in [0, 0.05) is 0 Å². The van der Waals surface area contributed by atoms with Crippen molar-refractivity contribution < 1.29 is 14.6 Å². The lowest BCUT2D eigenvalue weighted by Crippen LogP contribution is -2.28. The van der Waals surface area contributed by atoms with Crippen LogP contribution in [0.2, 0.25) is 0 Å². The van der Waals surface area contributed by atoms with Crippen LogP contribution >= 0.6 is 0 Å². The predicted molar refractivity (Wildman–Crippen MR) is 70.9 cm³/mol. The smallest absolute Gasteiger partial charge is 0.311 e. The maximum Gasteiger partial charge on any atom is 0.311 e. The first kappa shape index (κ1) is 14.7. The first-order chi connectivity index (χ1) is 8.72. The van der Waals surface area contributed by atoms with Crippen LogP contribution in [-0.2, 0) is 16.1 Å². The summed E-state index contributed by atoms with van der Waals surface area (Å²) in [7, 11) is 0. The third kappa shape index (κ3) is 4.15. The molecule has 1 N–H and O–H groups in total. The highest BCUT2D eigenvalue weighted by molar-refractivity contribution is 5.72. The topological polar surface area (TPSA) is 46.5 Å². The van der Waals surface area contributed by atoms with Crippen molar-refractivity contribution >= 4 is 5.97 Å². The molecule has 1 aromatic carbocycles. The van der Waals surface area contributed by atoms with Crippen molar-refractivity contribution in [3.63, 3.8) is 0 Å². The molecule has 0 saturated heterocycles. The van der Waals surface area contributed by atoms with E-state index in [1.165, 1.54) is 0 Å². The zero-order valence-corrected chi connectivity index (χ0v) is 11.1. The maximum atomic E-state index is 11.9. The summed E-state index contributed by atoms with van der Waals surface area (Å²) in [5, 5.41) is 9.33. The molecule has 1 atom stereocenters. The number of carbonyl (C=O) groups is 1. The summed E-state index contributed by atoms with van der Waals surface area (Å²) in [5.41, 5.74) is 0.965. The molecule has 0 radical (unpaired) electrons. The summed E-state index contributed by atoms with van der Waals surface area (Å²) in [6, 6.07) is 9.57. The number of carbonyl (C=O) groups excluding carboxylic acids is 1. The van der Waals surface area contributed by atoms with Gasteiger partial charge < -0.3 is 9.84 Å². The van der Waals surface area contributed by atoms with E-state index in [0.29, 0.717) is 0 Å². The average molecular weight is 250 g/mol. The number of hydrogen-bond donors (Lipinski definition) is 1. The summed E-state index contributed by atoms with van der Waals surface area (Å²) in [5.74, 6) is -0.503. The van der Waals surface area contributed by atoms with Crippen LogP contribution in [0, 0.1) is 11.8 Å². The van der Waals surface area contributed by atoms with Gasteiger partial charge in [-0.1, -0.05) is 57.0 Å². The molecule has 1 rings (SSSR count). The van der Waals surface area contributed by atoms with Crippen molar-refractivity contribution in [1.82, 2.24) is 0 Å². The molecule has 0 amide bonds. The van der Waals surface area contributed by atoms with Gasteiger partial charge >= 0.3 is 5.97 Å². The molecule has 3 heteroatoms. The van der Waals surface area contributed by atoms with Gasteiger partial charge in [0.05, 0.1) is 12.5 Å². The van der Waals surface area contributed by atoms with Crippen molar-refractivity contribution in [3.8, 4) is 0 Å². The number of rotatable bonds is 7. The quantitative estimate of drug-likeness (QED) is 0.757. The molecule has 0 aromatic heterocycles. The molecule has 3 nitrogen and oxygen atoms in total. The average Bonchev–Trinajstić information content (AvgIpc) is 2.43. The molecule has 1 aromatic rings. The second-order valence-corrected chi connectivity index (χ2v) is 4.46. The van der Waals surface area contributed by atoms with E-state index in [4.69, 9.17) is 4.74 Å². The molecular weight excluding hydrogens is 228 g/mol. The summed E-state index contributed by atoms with van der Waals surface area (Å²) in [4.78, 5) is 11.9. The van der Waals surface area contributed by atoms with Crippen LogP contribution in [0.15, 0.2) is 30.3 Å². The Labute approximate surface area is 109 Å². The standard InChI is InChI=1S/C15H22O3/c1-3-13(4-2)14(10-16)15(17)18-11-12-8-6-5-7-9-12/h5-9,13-14,16H,3-4,10-11H2,1-2H3. The molecule has 100 valence electrons. The summed E-state index contributed by atoms with van der Waals surface area (Å²) in [6.07, 6.45) is 1.75. The fraction of sp³-hybridized carbons (Fsp3) is 0.533. The van der Waals surface area contributed by atoms with Gasteiger partial charge in [-0.25, -0.2) is 0 Å². The molecule has 0 saturated carbocycles. The van der Waals surface area contributed by atoms with Crippen molar-refractivity contribution in [2.45, 2.75) is 33.3 Å². The van der Waals surface area contributed by atoms with Crippen LogP contribution in [0.1, 0.15) is 32.3 Å². The lowest BCUT2D eigenvalue weighted by Gasteiger charge is -2.21. The Morgan fingerprint density at radius 1 is 1.22 bits per heavy atom. The fourth-order valence-corrected chi connectivity index (χ4v) is 2.11. The lowest BCUT2D eigenvalue weighted by molar-refractivity contribution is -0.153. The highest BCUT2D eigenvalue weighted by atomic mass is 16.5. The Hall–Kier alpha value is -1.35. The van der Waals surface area contributed by atoms with E-state index in [-0.39, 0.29) is 25.1 Å². The Morgan fingerprint density at radius 2 is 1.83 bits per heavy atom. The van der Waals surface area contributed by atoms with E-state index in [1.807, 2.05) is 44.2 Å². The van der Waals surface area contributed by atoms with Gasteiger partial charge in [0.1, 0.15) is 6.61 Å². The molecular formula is C15H22O3. The molecule has 0 aliphatic carbocycles. The van der Waals surface area contributed by atoms with Gasteiger partial charge in [0.25, 0.3) is 0 Å². The Kier molecular flexibility index (Phi) is 6.44. The summed E-state index contributed by atoms with van der Waals surface area (Å²) >= 11 is 0. The molecule has 0 heterocycles. The number of hydrogen-bond acceptors (Lipinski definition) is 3. The van der Waals surface area contributed by atoms with E-state index in [9.17, 15) is 9.90 Å². The van der Waals surface area contributed by atoms with Gasteiger partial charge in [0.15, 0.2) is 0 Å². The minimum absolute atomic E-state index is 0.139. The number of esters is 1. The van der Waals surface area contributed by atoms with E-state index in [2.05, 4.69) is 0 Å².